The Balaban J connectivity index is 2.55. The first-order valence-corrected chi connectivity index (χ1v) is 8.59. The van der Waals surface area contributed by atoms with Crippen molar-refractivity contribution in [2.45, 2.75) is 63.9 Å². The first kappa shape index (κ1) is 15.3. The number of sulfonamides is 1. The molecule has 1 heterocycles. The summed E-state index contributed by atoms with van der Waals surface area (Å²) >= 11 is 0. The fourth-order valence-corrected chi connectivity index (χ4v) is 5.33. The summed E-state index contributed by atoms with van der Waals surface area (Å²) < 4.78 is 27.7. The van der Waals surface area contributed by atoms with E-state index >= 15 is 0 Å². The molecule has 0 amide bonds. The maximum Gasteiger partial charge on any atom is 0.243 e. The molecule has 0 aliphatic carbocycles. The lowest BCUT2D eigenvalue weighted by atomic mass is 10.0. The summed E-state index contributed by atoms with van der Waals surface area (Å²) in [6.45, 7) is 7.72. The number of piperidine rings is 1. The minimum absolute atomic E-state index is 0.0462. The summed E-state index contributed by atoms with van der Waals surface area (Å²) in [6.07, 6.45) is 2.93. The van der Waals surface area contributed by atoms with Crippen LogP contribution in [0.15, 0.2) is 17.0 Å². The molecule has 2 atom stereocenters. The fraction of sp³-hybridized carbons (Fsp3) is 0.600. The first-order valence-electron chi connectivity index (χ1n) is 7.15. The highest BCUT2D eigenvalue weighted by Crippen LogP contribution is 2.32. The molecular formula is C15H24N2O2S. The second kappa shape index (κ2) is 5.37. The minimum Gasteiger partial charge on any atom is -0.399 e. The second-order valence-corrected chi connectivity index (χ2v) is 7.74. The molecule has 20 heavy (non-hydrogen) atoms. The van der Waals surface area contributed by atoms with Crippen molar-refractivity contribution >= 4 is 15.7 Å². The maximum absolute atomic E-state index is 13.0. The van der Waals surface area contributed by atoms with Gasteiger partial charge in [0, 0.05) is 17.8 Å². The van der Waals surface area contributed by atoms with Gasteiger partial charge in [-0.1, -0.05) is 6.42 Å². The number of anilines is 1. The highest BCUT2D eigenvalue weighted by atomic mass is 32.2. The normalized spacial score (nSPS) is 24.8. The van der Waals surface area contributed by atoms with Gasteiger partial charge in [-0.25, -0.2) is 8.42 Å². The Bertz CT molecular complexity index is 601. The van der Waals surface area contributed by atoms with Gasteiger partial charge in [-0.2, -0.15) is 4.31 Å². The Kier molecular flexibility index (Phi) is 4.12. The molecule has 1 fully saturated rings. The predicted molar refractivity (Wildman–Crippen MR) is 82.1 cm³/mol. The van der Waals surface area contributed by atoms with Crippen LogP contribution in [-0.2, 0) is 10.0 Å². The molecule has 1 aromatic carbocycles. The second-order valence-electron chi connectivity index (χ2n) is 5.92. The molecule has 1 aromatic rings. The maximum atomic E-state index is 13.0. The van der Waals surface area contributed by atoms with Gasteiger partial charge in [0.25, 0.3) is 0 Å². The van der Waals surface area contributed by atoms with E-state index < -0.39 is 10.0 Å². The number of benzene rings is 1. The third-order valence-corrected chi connectivity index (χ3v) is 6.56. The summed E-state index contributed by atoms with van der Waals surface area (Å²) in [5, 5.41) is 0. The van der Waals surface area contributed by atoms with Gasteiger partial charge in [0.1, 0.15) is 0 Å². The van der Waals surface area contributed by atoms with Crippen molar-refractivity contribution in [2.75, 3.05) is 5.73 Å². The lowest BCUT2D eigenvalue weighted by Crippen LogP contribution is -2.47. The highest BCUT2D eigenvalue weighted by molar-refractivity contribution is 7.89. The van der Waals surface area contributed by atoms with Crippen LogP contribution in [0.4, 0.5) is 5.69 Å². The molecular weight excluding hydrogens is 272 g/mol. The molecule has 5 heteroatoms. The Morgan fingerprint density at radius 2 is 1.70 bits per heavy atom. The number of nitrogen functional groups attached to an aromatic ring is 1. The SMILES string of the molecule is Cc1cc(N)cc(S(=O)(=O)N2C(C)CCCC2C)c1C. The summed E-state index contributed by atoms with van der Waals surface area (Å²) in [5.41, 5.74) is 8.06. The van der Waals surface area contributed by atoms with Crippen LogP contribution in [0.3, 0.4) is 0 Å². The van der Waals surface area contributed by atoms with E-state index in [-0.39, 0.29) is 12.1 Å². The number of hydrogen-bond donors (Lipinski definition) is 1. The minimum atomic E-state index is -3.48. The zero-order valence-electron chi connectivity index (χ0n) is 12.7. The Hall–Kier alpha value is -1.07. The van der Waals surface area contributed by atoms with Crippen LogP contribution in [0, 0.1) is 13.8 Å². The molecule has 0 aromatic heterocycles. The van der Waals surface area contributed by atoms with Gasteiger partial charge < -0.3 is 5.73 Å². The van der Waals surface area contributed by atoms with Gasteiger partial charge >= 0.3 is 0 Å². The van der Waals surface area contributed by atoms with E-state index in [0.29, 0.717) is 10.6 Å². The van der Waals surface area contributed by atoms with Gasteiger partial charge in [-0.15, -0.1) is 0 Å². The Labute approximate surface area is 122 Å². The zero-order valence-corrected chi connectivity index (χ0v) is 13.5. The molecule has 0 saturated carbocycles. The number of aryl methyl sites for hydroxylation is 1. The lowest BCUT2D eigenvalue weighted by molar-refractivity contribution is 0.204. The van der Waals surface area contributed by atoms with Crippen molar-refractivity contribution in [3.8, 4) is 0 Å². The van der Waals surface area contributed by atoms with E-state index in [0.717, 1.165) is 30.4 Å². The quantitative estimate of drug-likeness (QED) is 0.854. The van der Waals surface area contributed by atoms with E-state index in [1.54, 1.807) is 10.4 Å². The molecule has 1 saturated heterocycles. The van der Waals surface area contributed by atoms with Crippen molar-refractivity contribution in [2.24, 2.45) is 0 Å². The van der Waals surface area contributed by atoms with Crippen molar-refractivity contribution in [1.29, 1.82) is 0 Å². The van der Waals surface area contributed by atoms with Crippen molar-refractivity contribution < 1.29 is 8.42 Å². The summed E-state index contributed by atoms with van der Waals surface area (Å²) in [7, 11) is -3.48. The highest BCUT2D eigenvalue weighted by Gasteiger charge is 2.36. The molecule has 0 spiro atoms. The predicted octanol–water partition coefficient (Wildman–Crippen LogP) is 2.84. The van der Waals surface area contributed by atoms with Crippen LogP contribution in [0.2, 0.25) is 0 Å². The van der Waals surface area contributed by atoms with Crippen LogP contribution < -0.4 is 5.73 Å². The van der Waals surface area contributed by atoms with Gasteiger partial charge in [0.15, 0.2) is 0 Å². The molecule has 0 radical (unpaired) electrons. The molecule has 1 aliphatic rings. The van der Waals surface area contributed by atoms with E-state index in [1.165, 1.54) is 0 Å². The summed E-state index contributed by atoms with van der Waals surface area (Å²) in [5.74, 6) is 0. The molecule has 2 rings (SSSR count). The van der Waals surface area contributed by atoms with Crippen LogP contribution in [-0.4, -0.2) is 24.8 Å². The standard InChI is InChI=1S/C15H24N2O2S/c1-10-8-14(16)9-15(13(10)4)20(18,19)17-11(2)6-5-7-12(17)3/h8-9,11-12H,5-7,16H2,1-4H3. The van der Waals surface area contributed by atoms with E-state index in [1.807, 2.05) is 33.8 Å². The molecule has 112 valence electrons. The smallest absolute Gasteiger partial charge is 0.243 e. The van der Waals surface area contributed by atoms with Gasteiger partial charge in [-0.3, -0.25) is 0 Å². The van der Waals surface area contributed by atoms with Crippen LogP contribution in [0.1, 0.15) is 44.2 Å². The van der Waals surface area contributed by atoms with Gasteiger partial charge in [0.05, 0.1) is 4.90 Å². The molecule has 2 N–H and O–H groups in total. The zero-order chi connectivity index (χ0) is 15.1. The van der Waals surface area contributed by atoms with Crippen LogP contribution >= 0.6 is 0 Å². The third kappa shape index (κ3) is 2.56. The topological polar surface area (TPSA) is 63.4 Å². The van der Waals surface area contributed by atoms with Gasteiger partial charge in [-0.05, 0) is 63.8 Å². The van der Waals surface area contributed by atoms with Crippen molar-refractivity contribution in [1.82, 2.24) is 4.31 Å². The Morgan fingerprint density at radius 3 is 2.25 bits per heavy atom. The van der Waals surface area contributed by atoms with E-state index in [4.69, 9.17) is 5.73 Å². The van der Waals surface area contributed by atoms with Crippen molar-refractivity contribution in [3.63, 3.8) is 0 Å². The van der Waals surface area contributed by atoms with Gasteiger partial charge in [0.2, 0.25) is 10.0 Å². The molecule has 0 bridgehead atoms. The van der Waals surface area contributed by atoms with Crippen LogP contribution in [0.5, 0.6) is 0 Å². The third-order valence-electron chi connectivity index (χ3n) is 4.31. The molecule has 2 unspecified atom stereocenters. The summed E-state index contributed by atoms with van der Waals surface area (Å²) in [6, 6.07) is 3.50. The number of hydrogen-bond acceptors (Lipinski definition) is 3. The Morgan fingerprint density at radius 1 is 1.15 bits per heavy atom. The first-order chi connectivity index (χ1) is 9.25. The number of nitrogens with two attached hydrogens (primary N) is 1. The van der Waals surface area contributed by atoms with Crippen LogP contribution in [0.25, 0.3) is 0 Å². The van der Waals surface area contributed by atoms with Crippen molar-refractivity contribution in [3.05, 3.63) is 23.3 Å². The van der Waals surface area contributed by atoms with E-state index in [2.05, 4.69) is 0 Å². The average molecular weight is 296 g/mol. The summed E-state index contributed by atoms with van der Waals surface area (Å²) in [4.78, 5) is 0.357. The largest absolute Gasteiger partial charge is 0.399 e. The monoisotopic (exact) mass is 296 g/mol. The lowest BCUT2D eigenvalue weighted by Gasteiger charge is -2.38. The van der Waals surface area contributed by atoms with E-state index in [9.17, 15) is 8.42 Å². The number of nitrogens with zero attached hydrogens (tertiary/aromatic N) is 1. The molecule has 4 nitrogen and oxygen atoms in total. The number of rotatable bonds is 2. The average Bonchev–Trinajstić information content (AvgIpc) is 2.33. The molecule has 1 aliphatic heterocycles. The fourth-order valence-electron chi connectivity index (χ4n) is 3.11.